The SMILES string of the molecule is CC1OC(C)C(C(NN)c2c(Cl)cnn2C(C)C)C1C. The second-order valence-corrected chi connectivity index (χ2v) is 6.45. The van der Waals surface area contributed by atoms with Crippen molar-refractivity contribution in [3.05, 3.63) is 16.9 Å². The monoisotopic (exact) mass is 300 g/mol. The topological polar surface area (TPSA) is 65.1 Å². The molecule has 2 heterocycles. The van der Waals surface area contributed by atoms with E-state index in [9.17, 15) is 0 Å². The van der Waals surface area contributed by atoms with Gasteiger partial charge in [0.15, 0.2) is 0 Å². The van der Waals surface area contributed by atoms with E-state index in [1.807, 2.05) is 4.68 Å². The van der Waals surface area contributed by atoms with Gasteiger partial charge in [0.1, 0.15) is 0 Å². The minimum Gasteiger partial charge on any atom is -0.375 e. The van der Waals surface area contributed by atoms with E-state index in [1.54, 1.807) is 6.20 Å². The molecule has 20 heavy (non-hydrogen) atoms. The maximum atomic E-state index is 6.35. The molecule has 1 saturated heterocycles. The molecular weight excluding hydrogens is 276 g/mol. The summed E-state index contributed by atoms with van der Waals surface area (Å²) in [5.74, 6) is 6.51. The highest BCUT2D eigenvalue weighted by Crippen LogP contribution is 2.42. The quantitative estimate of drug-likeness (QED) is 0.663. The number of nitrogens with one attached hydrogen (secondary N) is 1. The predicted molar refractivity (Wildman–Crippen MR) is 80.3 cm³/mol. The van der Waals surface area contributed by atoms with E-state index in [0.717, 1.165) is 5.69 Å². The summed E-state index contributed by atoms with van der Waals surface area (Å²) in [6.07, 6.45) is 2.04. The molecule has 0 spiro atoms. The van der Waals surface area contributed by atoms with Crippen LogP contribution in [0.1, 0.15) is 52.4 Å². The summed E-state index contributed by atoms with van der Waals surface area (Å²) in [6.45, 7) is 10.6. The Kier molecular flexibility index (Phi) is 4.74. The van der Waals surface area contributed by atoms with Crippen molar-refractivity contribution in [2.24, 2.45) is 17.7 Å². The number of nitrogens with two attached hydrogens (primary N) is 1. The molecule has 5 nitrogen and oxygen atoms in total. The summed E-state index contributed by atoms with van der Waals surface area (Å²) in [5.41, 5.74) is 3.89. The van der Waals surface area contributed by atoms with Crippen LogP contribution < -0.4 is 11.3 Å². The van der Waals surface area contributed by atoms with Crippen molar-refractivity contribution in [1.82, 2.24) is 15.2 Å². The second kappa shape index (κ2) is 6.02. The third-order valence-electron chi connectivity index (χ3n) is 4.45. The van der Waals surface area contributed by atoms with Crippen molar-refractivity contribution in [1.29, 1.82) is 0 Å². The van der Waals surface area contributed by atoms with Crippen molar-refractivity contribution < 1.29 is 4.74 Å². The molecule has 1 aromatic rings. The van der Waals surface area contributed by atoms with Gasteiger partial charge in [-0.05, 0) is 33.6 Å². The minimum atomic E-state index is -0.0673. The van der Waals surface area contributed by atoms with Gasteiger partial charge in [-0.2, -0.15) is 5.10 Å². The molecule has 1 aliphatic heterocycles. The highest BCUT2D eigenvalue weighted by Gasteiger charge is 2.43. The average Bonchev–Trinajstić information content (AvgIpc) is 2.86. The summed E-state index contributed by atoms with van der Waals surface area (Å²) in [7, 11) is 0. The van der Waals surface area contributed by atoms with Gasteiger partial charge in [0.2, 0.25) is 0 Å². The lowest BCUT2D eigenvalue weighted by atomic mass is 9.82. The lowest BCUT2D eigenvalue weighted by Gasteiger charge is -2.30. The number of hydrogen-bond donors (Lipinski definition) is 2. The van der Waals surface area contributed by atoms with Gasteiger partial charge < -0.3 is 4.74 Å². The summed E-state index contributed by atoms with van der Waals surface area (Å²) in [5, 5.41) is 5.03. The lowest BCUT2D eigenvalue weighted by Crippen LogP contribution is -2.40. The number of ether oxygens (including phenoxy) is 1. The van der Waals surface area contributed by atoms with Crippen LogP contribution in [0.25, 0.3) is 0 Å². The summed E-state index contributed by atoms with van der Waals surface area (Å²) in [4.78, 5) is 0. The largest absolute Gasteiger partial charge is 0.375 e. The zero-order chi connectivity index (χ0) is 15.0. The van der Waals surface area contributed by atoms with Gasteiger partial charge in [0.05, 0.1) is 35.2 Å². The zero-order valence-corrected chi connectivity index (χ0v) is 13.6. The Morgan fingerprint density at radius 2 is 2.00 bits per heavy atom. The van der Waals surface area contributed by atoms with Crippen LogP contribution in [0, 0.1) is 11.8 Å². The maximum absolute atomic E-state index is 6.35. The molecule has 0 aliphatic carbocycles. The molecule has 1 aromatic heterocycles. The second-order valence-electron chi connectivity index (χ2n) is 6.04. The highest BCUT2D eigenvalue weighted by atomic mass is 35.5. The molecule has 1 fully saturated rings. The fourth-order valence-corrected chi connectivity index (χ4v) is 3.54. The highest BCUT2D eigenvalue weighted by molar-refractivity contribution is 6.31. The fraction of sp³-hybridized carbons (Fsp3) is 0.786. The van der Waals surface area contributed by atoms with Gasteiger partial charge in [0, 0.05) is 12.0 Å². The summed E-state index contributed by atoms with van der Waals surface area (Å²) < 4.78 is 7.88. The first-order valence-corrected chi connectivity index (χ1v) is 7.60. The third-order valence-corrected chi connectivity index (χ3v) is 4.75. The molecule has 0 aromatic carbocycles. The molecule has 5 atom stereocenters. The van der Waals surface area contributed by atoms with E-state index in [1.165, 1.54) is 0 Å². The smallest absolute Gasteiger partial charge is 0.0834 e. The first-order valence-electron chi connectivity index (χ1n) is 7.23. The molecule has 2 rings (SSSR count). The first-order chi connectivity index (χ1) is 9.38. The molecule has 0 radical (unpaired) electrons. The van der Waals surface area contributed by atoms with E-state index in [4.69, 9.17) is 22.2 Å². The Bertz CT molecular complexity index is 462. The zero-order valence-electron chi connectivity index (χ0n) is 12.8. The van der Waals surface area contributed by atoms with E-state index in [-0.39, 0.29) is 30.2 Å². The van der Waals surface area contributed by atoms with Crippen LogP contribution >= 0.6 is 11.6 Å². The first kappa shape index (κ1) is 15.8. The molecule has 0 amide bonds. The molecule has 1 aliphatic rings. The van der Waals surface area contributed by atoms with Crippen molar-refractivity contribution in [2.45, 2.75) is 58.9 Å². The number of nitrogens with zero attached hydrogens (tertiary/aromatic N) is 2. The molecule has 3 N–H and O–H groups in total. The van der Waals surface area contributed by atoms with Crippen molar-refractivity contribution in [3.63, 3.8) is 0 Å². The van der Waals surface area contributed by atoms with Gasteiger partial charge in [0.25, 0.3) is 0 Å². The molecule has 114 valence electrons. The van der Waals surface area contributed by atoms with E-state index in [2.05, 4.69) is 45.1 Å². The van der Waals surface area contributed by atoms with Crippen LogP contribution in [0.2, 0.25) is 5.02 Å². The maximum Gasteiger partial charge on any atom is 0.0834 e. The van der Waals surface area contributed by atoms with Crippen molar-refractivity contribution in [2.75, 3.05) is 0 Å². The van der Waals surface area contributed by atoms with Gasteiger partial charge in [-0.25, -0.2) is 0 Å². The summed E-state index contributed by atoms with van der Waals surface area (Å²) in [6, 6.07) is 0.168. The Balaban J connectivity index is 2.40. The van der Waals surface area contributed by atoms with Crippen LogP contribution in [0.4, 0.5) is 0 Å². The Labute approximate surface area is 125 Å². The van der Waals surface area contributed by atoms with Crippen LogP contribution in [0.3, 0.4) is 0 Å². The Hall–Kier alpha value is -0.620. The number of hydrazine groups is 1. The van der Waals surface area contributed by atoms with E-state index in [0.29, 0.717) is 10.9 Å². The van der Waals surface area contributed by atoms with E-state index >= 15 is 0 Å². The van der Waals surface area contributed by atoms with Crippen LogP contribution in [0.5, 0.6) is 0 Å². The number of hydrogen-bond acceptors (Lipinski definition) is 4. The van der Waals surface area contributed by atoms with Gasteiger partial charge in [-0.1, -0.05) is 18.5 Å². The van der Waals surface area contributed by atoms with Crippen LogP contribution in [0.15, 0.2) is 6.20 Å². The molecule has 0 bridgehead atoms. The number of halogens is 1. The molecule has 5 unspecified atom stereocenters. The summed E-state index contributed by atoms with van der Waals surface area (Å²) >= 11 is 6.35. The molecular formula is C14H25ClN4O. The number of aromatic nitrogens is 2. The minimum absolute atomic E-state index is 0.0673. The third kappa shape index (κ3) is 2.60. The fourth-order valence-electron chi connectivity index (χ4n) is 3.29. The normalized spacial score (nSPS) is 32.0. The van der Waals surface area contributed by atoms with Gasteiger partial charge in [-0.3, -0.25) is 16.0 Å². The molecule has 0 saturated carbocycles. The number of rotatable bonds is 4. The standard InChI is InChI=1S/C14H25ClN4O/c1-7(2)19-14(11(15)6-17-19)13(18-16)12-8(3)9(4)20-10(12)5/h6-10,12-13,18H,16H2,1-5H3. The predicted octanol–water partition coefficient (Wildman–Crippen LogP) is 2.68. The Morgan fingerprint density at radius 1 is 1.35 bits per heavy atom. The van der Waals surface area contributed by atoms with Crippen LogP contribution in [-0.2, 0) is 4.74 Å². The van der Waals surface area contributed by atoms with Gasteiger partial charge >= 0.3 is 0 Å². The van der Waals surface area contributed by atoms with E-state index < -0.39 is 0 Å². The lowest BCUT2D eigenvalue weighted by molar-refractivity contribution is 0.0470. The van der Waals surface area contributed by atoms with Gasteiger partial charge in [-0.15, -0.1) is 0 Å². The van der Waals surface area contributed by atoms with Crippen molar-refractivity contribution in [3.8, 4) is 0 Å². The van der Waals surface area contributed by atoms with Crippen LogP contribution in [-0.4, -0.2) is 22.0 Å². The van der Waals surface area contributed by atoms with Crippen molar-refractivity contribution >= 4 is 11.6 Å². The Morgan fingerprint density at radius 3 is 2.45 bits per heavy atom. The molecule has 6 heteroatoms. The average molecular weight is 301 g/mol.